The van der Waals surface area contributed by atoms with Crippen LogP contribution >= 0.6 is 0 Å². The quantitative estimate of drug-likeness (QED) is 0.154. The fourth-order valence-electron chi connectivity index (χ4n) is 6.45. The van der Waals surface area contributed by atoms with E-state index in [2.05, 4.69) is 26.2 Å². The van der Waals surface area contributed by atoms with Crippen molar-refractivity contribution in [1.29, 1.82) is 0 Å². The average molecular weight is 757 g/mol. The van der Waals surface area contributed by atoms with E-state index in [1.807, 2.05) is 72.0 Å². The number of carbonyl (C=O) groups is 4. The molecule has 0 aliphatic carbocycles. The smallest absolute Gasteiger partial charge is 0.251 e. The standard InChI is InChI=1S/C39H60N6O7S/c1-24(2)18-33(34(46)19-26(5)36(47)43-35(25(3)4)39(50)40-23-31-16-13-17-44(31)7)42-38(49)30-20-29(21-32(22-30)45(8)53(9,51)52)37(48)41-27(6)28-14-11-10-12-15-28/h10-12,14-15,20-22,24-27,31,33-35,46H,13,16-19,23H2,1-9H3,(H,40,50)(H,41,48)(H,42,49)(H,43,47). The molecule has 1 aliphatic rings. The maximum Gasteiger partial charge on any atom is 0.251 e. The number of aliphatic hydroxyl groups excluding tert-OH is 1. The summed E-state index contributed by atoms with van der Waals surface area (Å²) >= 11 is 0. The highest BCUT2D eigenvalue weighted by Gasteiger charge is 2.31. The summed E-state index contributed by atoms with van der Waals surface area (Å²) in [5, 5.41) is 23.1. The second-order valence-corrected chi connectivity index (χ2v) is 17.3. The number of anilines is 1. The second-order valence-electron chi connectivity index (χ2n) is 15.3. The first kappa shape index (κ1) is 43.4. The lowest BCUT2D eigenvalue weighted by Gasteiger charge is -2.29. The molecule has 0 spiro atoms. The summed E-state index contributed by atoms with van der Waals surface area (Å²) in [4.78, 5) is 56.0. The van der Waals surface area contributed by atoms with Crippen LogP contribution in [0.3, 0.4) is 0 Å². The van der Waals surface area contributed by atoms with Gasteiger partial charge in [0.2, 0.25) is 21.8 Å². The van der Waals surface area contributed by atoms with Crippen LogP contribution in [0.1, 0.15) is 99.5 Å². The fourth-order valence-corrected chi connectivity index (χ4v) is 6.94. The minimum absolute atomic E-state index is 0.00465. The van der Waals surface area contributed by atoms with Crippen LogP contribution in [0.4, 0.5) is 5.69 Å². The van der Waals surface area contributed by atoms with Crippen molar-refractivity contribution in [2.45, 2.75) is 97.5 Å². The van der Waals surface area contributed by atoms with Gasteiger partial charge in [-0.25, -0.2) is 8.42 Å². The van der Waals surface area contributed by atoms with E-state index in [4.69, 9.17) is 0 Å². The highest BCUT2D eigenvalue weighted by molar-refractivity contribution is 7.92. The molecule has 0 bridgehead atoms. The molecule has 1 aliphatic heterocycles. The Kier molecular flexibility index (Phi) is 15.8. The van der Waals surface area contributed by atoms with Crippen LogP contribution in [-0.4, -0.2) is 99.7 Å². The van der Waals surface area contributed by atoms with E-state index in [-0.39, 0.29) is 59.0 Å². The van der Waals surface area contributed by atoms with Gasteiger partial charge < -0.3 is 31.3 Å². The molecule has 3 rings (SSSR count). The maximum absolute atomic E-state index is 13.8. The van der Waals surface area contributed by atoms with E-state index in [1.54, 1.807) is 6.92 Å². The van der Waals surface area contributed by atoms with Gasteiger partial charge in [-0.3, -0.25) is 23.5 Å². The summed E-state index contributed by atoms with van der Waals surface area (Å²) in [6, 6.07) is 11.9. The SMILES string of the molecule is CC(C)CC(NC(=O)c1cc(C(=O)NC(C)c2ccccc2)cc(N(C)S(C)(=O)=O)c1)C(O)CC(C)C(=O)NC(C(=O)NCC1CCCN1C)C(C)C. The van der Waals surface area contributed by atoms with E-state index < -0.39 is 45.9 Å². The predicted octanol–water partition coefficient (Wildman–Crippen LogP) is 3.46. The number of benzene rings is 2. The lowest BCUT2D eigenvalue weighted by molar-refractivity contribution is -0.132. The third-order valence-electron chi connectivity index (χ3n) is 9.93. The fraction of sp³-hybridized carbons (Fsp3) is 0.590. The molecule has 1 saturated heterocycles. The van der Waals surface area contributed by atoms with Gasteiger partial charge in [-0.05, 0) is 81.8 Å². The summed E-state index contributed by atoms with van der Waals surface area (Å²) in [5.41, 5.74) is 1.09. The first-order chi connectivity index (χ1) is 24.8. The third kappa shape index (κ3) is 12.8. The molecule has 4 amide bonds. The van der Waals surface area contributed by atoms with E-state index in [0.717, 1.165) is 35.5 Å². The summed E-state index contributed by atoms with van der Waals surface area (Å²) in [5.74, 6) is -2.57. The van der Waals surface area contributed by atoms with Gasteiger partial charge in [0.25, 0.3) is 11.8 Å². The molecular formula is C39H60N6O7S. The Bertz CT molecular complexity index is 1670. The van der Waals surface area contributed by atoms with Crippen molar-refractivity contribution < 1.29 is 32.7 Å². The summed E-state index contributed by atoms with van der Waals surface area (Å²) in [6.45, 7) is 12.6. The first-order valence-corrected chi connectivity index (χ1v) is 20.3. The lowest BCUT2D eigenvalue weighted by atomic mass is 9.91. The molecule has 53 heavy (non-hydrogen) atoms. The van der Waals surface area contributed by atoms with Crippen LogP contribution < -0.4 is 25.6 Å². The van der Waals surface area contributed by atoms with Crippen LogP contribution in [0.25, 0.3) is 0 Å². The number of amides is 4. The summed E-state index contributed by atoms with van der Waals surface area (Å²) < 4.78 is 25.9. The molecule has 6 atom stereocenters. The molecule has 2 aromatic rings. The first-order valence-electron chi connectivity index (χ1n) is 18.5. The van der Waals surface area contributed by atoms with Gasteiger partial charge in [-0.2, -0.15) is 0 Å². The highest BCUT2D eigenvalue weighted by atomic mass is 32.2. The van der Waals surface area contributed by atoms with Crippen molar-refractivity contribution in [2.24, 2.45) is 17.8 Å². The molecule has 0 aromatic heterocycles. The zero-order chi connectivity index (χ0) is 39.6. The molecule has 0 radical (unpaired) electrons. The molecule has 14 heteroatoms. The Morgan fingerprint density at radius 1 is 0.887 bits per heavy atom. The second kappa shape index (κ2) is 19.4. The van der Waals surface area contributed by atoms with E-state index >= 15 is 0 Å². The number of hydrogen-bond acceptors (Lipinski definition) is 8. The molecular weight excluding hydrogens is 697 g/mol. The van der Waals surface area contributed by atoms with Gasteiger partial charge in [0.05, 0.1) is 30.1 Å². The Morgan fingerprint density at radius 3 is 2.02 bits per heavy atom. The van der Waals surface area contributed by atoms with Gasteiger partial charge in [-0.15, -0.1) is 0 Å². The van der Waals surface area contributed by atoms with Crippen LogP contribution in [0.15, 0.2) is 48.5 Å². The van der Waals surface area contributed by atoms with E-state index in [0.29, 0.717) is 13.0 Å². The Labute approximate surface area is 315 Å². The van der Waals surface area contributed by atoms with Crippen LogP contribution in [0.2, 0.25) is 0 Å². The molecule has 0 saturated carbocycles. The lowest BCUT2D eigenvalue weighted by Crippen LogP contribution is -2.53. The molecule has 5 N–H and O–H groups in total. The molecule has 1 fully saturated rings. The van der Waals surface area contributed by atoms with Crippen molar-refractivity contribution in [1.82, 2.24) is 26.2 Å². The zero-order valence-corrected chi connectivity index (χ0v) is 33.5. The van der Waals surface area contributed by atoms with Crippen LogP contribution in [0.5, 0.6) is 0 Å². The van der Waals surface area contributed by atoms with Crippen LogP contribution in [0, 0.1) is 17.8 Å². The van der Waals surface area contributed by atoms with Crippen molar-refractivity contribution in [2.75, 3.05) is 37.7 Å². The van der Waals surface area contributed by atoms with Crippen molar-refractivity contribution in [3.8, 4) is 0 Å². The number of rotatable bonds is 18. The van der Waals surface area contributed by atoms with Gasteiger partial charge >= 0.3 is 0 Å². The largest absolute Gasteiger partial charge is 0.391 e. The minimum Gasteiger partial charge on any atom is -0.391 e. The van der Waals surface area contributed by atoms with Gasteiger partial charge in [0, 0.05) is 36.7 Å². The third-order valence-corrected chi connectivity index (χ3v) is 11.1. The number of hydrogen-bond donors (Lipinski definition) is 5. The van der Waals surface area contributed by atoms with E-state index in [1.165, 1.54) is 25.2 Å². The van der Waals surface area contributed by atoms with Gasteiger partial charge in [0.1, 0.15) is 6.04 Å². The monoisotopic (exact) mass is 756 g/mol. The minimum atomic E-state index is -3.75. The maximum atomic E-state index is 13.8. The highest BCUT2D eigenvalue weighted by Crippen LogP contribution is 2.23. The predicted molar refractivity (Wildman–Crippen MR) is 208 cm³/mol. The molecule has 294 valence electrons. The van der Waals surface area contributed by atoms with Crippen molar-refractivity contribution in [3.05, 3.63) is 65.2 Å². The summed E-state index contributed by atoms with van der Waals surface area (Å²) in [6.07, 6.45) is 2.35. The van der Waals surface area contributed by atoms with Crippen molar-refractivity contribution in [3.63, 3.8) is 0 Å². The number of aliphatic hydroxyl groups is 1. The van der Waals surface area contributed by atoms with E-state index in [9.17, 15) is 32.7 Å². The molecule has 6 unspecified atom stereocenters. The zero-order valence-electron chi connectivity index (χ0n) is 32.7. The number of nitrogens with one attached hydrogen (secondary N) is 4. The number of sulfonamides is 1. The Balaban J connectivity index is 1.77. The Hall–Kier alpha value is -4.01. The molecule has 1 heterocycles. The topological polar surface area (TPSA) is 177 Å². The average Bonchev–Trinajstić information content (AvgIpc) is 3.52. The Morgan fingerprint density at radius 2 is 1.49 bits per heavy atom. The van der Waals surface area contributed by atoms with Crippen LogP contribution in [-0.2, 0) is 19.6 Å². The summed E-state index contributed by atoms with van der Waals surface area (Å²) in [7, 11) is -0.377. The number of nitrogens with zero attached hydrogens (tertiary/aromatic N) is 2. The van der Waals surface area contributed by atoms with Gasteiger partial charge in [-0.1, -0.05) is 65.0 Å². The van der Waals surface area contributed by atoms with Crippen molar-refractivity contribution >= 4 is 39.3 Å². The van der Waals surface area contributed by atoms with Gasteiger partial charge in [0.15, 0.2) is 0 Å². The normalized spacial score (nSPS) is 17.8. The number of carbonyl (C=O) groups excluding carboxylic acids is 4. The number of likely N-dealkylation sites (N-methyl/N-ethyl adjacent to an activating group) is 1. The molecule has 13 nitrogen and oxygen atoms in total. The number of likely N-dealkylation sites (tertiary alicyclic amines) is 1. The molecule has 2 aromatic carbocycles.